The fourth-order valence-corrected chi connectivity index (χ4v) is 3.54. The van der Waals surface area contributed by atoms with Crippen molar-refractivity contribution in [1.29, 1.82) is 0 Å². The van der Waals surface area contributed by atoms with Crippen LogP contribution in [0.15, 0.2) is 0 Å². The summed E-state index contributed by atoms with van der Waals surface area (Å²) in [6, 6.07) is 0.670. The molecule has 0 saturated carbocycles. The van der Waals surface area contributed by atoms with Crippen molar-refractivity contribution in [2.75, 3.05) is 29.6 Å². The van der Waals surface area contributed by atoms with E-state index < -0.39 is 0 Å². The Kier molecular flexibility index (Phi) is 11.5. The summed E-state index contributed by atoms with van der Waals surface area (Å²) >= 11 is 3.87. The summed E-state index contributed by atoms with van der Waals surface area (Å²) in [5, 5.41) is 6.47. The molecule has 0 aromatic heterocycles. The number of halogens is 1. The molecule has 0 aromatic carbocycles. The Labute approximate surface area is 125 Å². The molecule has 1 aliphatic rings. The van der Waals surface area contributed by atoms with Gasteiger partial charge in [0, 0.05) is 36.6 Å². The summed E-state index contributed by atoms with van der Waals surface area (Å²) in [7, 11) is 0. The van der Waals surface area contributed by atoms with Gasteiger partial charge in [-0.15, -0.1) is 12.4 Å². The van der Waals surface area contributed by atoms with Crippen LogP contribution in [-0.2, 0) is 4.79 Å². The third-order valence-corrected chi connectivity index (χ3v) is 4.80. The average molecular weight is 313 g/mol. The molecule has 3 nitrogen and oxygen atoms in total. The minimum absolute atomic E-state index is 0. The lowest BCUT2D eigenvalue weighted by atomic mass is 10.2. The molecule has 0 bridgehead atoms. The van der Waals surface area contributed by atoms with Crippen molar-refractivity contribution in [3.63, 3.8) is 0 Å². The maximum atomic E-state index is 11.8. The maximum absolute atomic E-state index is 11.8. The van der Waals surface area contributed by atoms with Crippen LogP contribution >= 0.6 is 35.9 Å². The first-order valence-corrected chi connectivity index (χ1v) is 8.71. The minimum atomic E-state index is 0. The number of hydrogen-bond donors (Lipinski definition) is 2. The fourth-order valence-electron chi connectivity index (χ4n) is 1.78. The Bertz CT molecular complexity index is 226. The van der Waals surface area contributed by atoms with Crippen LogP contribution in [0, 0.1) is 0 Å². The number of carbonyl (C=O) groups is 1. The first kappa shape index (κ1) is 18.4. The highest BCUT2D eigenvalue weighted by Gasteiger charge is 2.17. The number of nitrogens with one attached hydrogen (secondary N) is 2. The molecule has 108 valence electrons. The Hall–Kier alpha value is 0.420. The number of rotatable bonds is 7. The third-order valence-electron chi connectivity index (χ3n) is 2.74. The van der Waals surface area contributed by atoms with Crippen molar-refractivity contribution in [2.45, 2.75) is 38.8 Å². The van der Waals surface area contributed by atoms with Gasteiger partial charge in [0.2, 0.25) is 5.91 Å². The Balaban J connectivity index is 0.00000289. The fraction of sp³-hybridized carbons (Fsp3) is 0.917. The van der Waals surface area contributed by atoms with Crippen LogP contribution in [0.4, 0.5) is 0 Å². The van der Waals surface area contributed by atoms with E-state index >= 15 is 0 Å². The van der Waals surface area contributed by atoms with Crippen molar-refractivity contribution in [2.24, 2.45) is 0 Å². The van der Waals surface area contributed by atoms with Gasteiger partial charge in [-0.25, -0.2) is 0 Å². The lowest BCUT2D eigenvalue weighted by Gasteiger charge is -2.23. The van der Waals surface area contributed by atoms with Crippen LogP contribution in [0.25, 0.3) is 0 Å². The lowest BCUT2D eigenvalue weighted by Crippen LogP contribution is -2.43. The van der Waals surface area contributed by atoms with E-state index in [9.17, 15) is 4.79 Å². The van der Waals surface area contributed by atoms with Gasteiger partial charge in [0.15, 0.2) is 0 Å². The van der Waals surface area contributed by atoms with Crippen LogP contribution < -0.4 is 10.6 Å². The molecule has 2 atom stereocenters. The molecule has 0 aromatic rings. The van der Waals surface area contributed by atoms with Gasteiger partial charge in [-0.05, 0) is 24.9 Å². The summed E-state index contributed by atoms with van der Waals surface area (Å²) in [6.45, 7) is 5.29. The highest BCUT2D eigenvalue weighted by atomic mass is 35.5. The van der Waals surface area contributed by atoms with Gasteiger partial charge in [0.1, 0.15) is 0 Å². The second-order valence-electron chi connectivity index (χ2n) is 4.38. The smallest absolute Gasteiger partial charge is 0.221 e. The predicted octanol–water partition coefficient (Wildman–Crippen LogP) is 2.15. The quantitative estimate of drug-likeness (QED) is 0.707. The molecular formula is C12H25ClN2OS2. The molecule has 2 N–H and O–H groups in total. The monoisotopic (exact) mass is 312 g/mol. The molecule has 18 heavy (non-hydrogen) atoms. The molecule has 1 heterocycles. The Morgan fingerprint density at radius 2 is 2.39 bits per heavy atom. The van der Waals surface area contributed by atoms with Gasteiger partial charge in [-0.3, -0.25) is 4.79 Å². The average Bonchev–Trinajstić information content (AvgIpc) is 2.30. The summed E-state index contributed by atoms with van der Waals surface area (Å²) in [5.41, 5.74) is 0. The van der Waals surface area contributed by atoms with E-state index in [0.29, 0.717) is 18.5 Å². The van der Waals surface area contributed by atoms with Crippen molar-refractivity contribution < 1.29 is 4.79 Å². The standard InChI is InChI=1S/C12H24N2OS2.ClH/c1-3-16-6-4-10(2)14-12(15)8-11-9-17-7-5-13-11;/h10-11,13H,3-9H2,1-2H3,(H,14,15);1H. The van der Waals surface area contributed by atoms with Gasteiger partial charge in [0.25, 0.3) is 0 Å². The van der Waals surface area contributed by atoms with Crippen LogP contribution in [0.2, 0.25) is 0 Å². The van der Waals surface area contributed by atoms with Gasteiger partial charge < -0.3 is 10.6 Å². The largest absolute Gasteiger partial charge is 0.354 e. The lowest BCUT2D eigenvalue weighted by molar-refractivity contribution is -0.122. The zero-order valence-corrected chi connectivity index (χ0v) is 13.7. The number of hydrogen-bond acceptors (Lipinski definition) is 4. The summed E-state index contributed by atoms with van der Waals surface area (Å²) in [6.07, 6.45) is 1.69. The van der Waals surface area contributed by atoms with E-state index in [0.717, 1.165) is 30.2 Å². The van der Waals surface area contributed by atoms with E-state index in [1.54, 1.807) is 0 Å². The van der Waals surface area contributed by atoms with Gasteiger partial charge in [0.05, 0.1) is 0 Å². The Morgan fingerprint density at radius 3 is 3.00 bits per heavy atom. The highest BCUT2D eigenvalue weighted by Crippen LogP contribution is 2.10. The molecule has 1 aliphatic heterocycles. The van der Waals surface area contributed by atoms with E-state index in [1.807, 2.05) is 23.5 Å². The molecule has 0 radical (unpaired) electrons. The van der Waals surface area contributed by atoms with Crippen LogP contribution in [-0.4, -0.2) is 47.5 Å². The molecule has 1 fully saturated rings. The van der Waals surface area contributed by atoms with Crippen molar-refractivity contribution in [3.8, 4) is 0 Å². The predicted molar refractivity (Wildman–Crippen MR) is 86.2 cm³/mol. The molecule has 6 heteroatoms. The molecule has 1 saturated heterocycles. The van der Waals surface area contributed by atoms with Gasteiger partial charge >= 0.3 is 0 Å². The Morgan fingerprint density at radius 1 is 1.61 bits per heavy atom. The maximum Gasteiger partial charge on any atom is 0.221 e. The van der Waals surface area contributed by atoms with Crippen molar-refractivity contribution >= 4 is 41.8 Å². The van der Waals surface area contributed by atoms with Crippen molar-refractivity contribution in [1.82, 2.24) is 10.6 Å². The van der Waals surface area contributed by atoms with E-state index in [4.69, 9.17) is 0 Å². The van der Waals surface area contributed by atoms with E-state index in [2.05, 4.69) is 24.5 Å². The van der Waals surface area contributed by atoms with Crippen LogP contribution in [0.1, 0.15) is 26.7 Å². The highest BCUT2D eigenvalue weighted by molar-refractivity contribution is 7.99. The van der Waals surface area contributed by atoms with E-state index in [1.165, 1.54) is 5.75 Å². The zero-order chi connectivity index (χ0) is 12.5. The van der Waals surface area contributed by atoms with Crippen molar-refractivity contribution in [3.05, 3.63) is 0 Å². The van der Waals surface area contributed by atoms with E-state index in [-0.39, 0.29) is 18.3 Å². The third kappa shape index (κ3) is 8.51. The zero-order valence-electron chi connectivity index (χ0n) is 11.2. The van der Waals surface area contributed by atoms with Crippen LogP contribution in [0.5, 0.6) is 0 Å². The molecular weight excluding hydrogens is 288 g/mol. The first-order chi connectivity index (χ1) is 8.22. The normalized spacial score (nSPS) is 20.9. The second-order valence-corrected chi connectivity index (χ2v) is 6.93. The summed E-state index contributed by atoms with van der Waals surface area (Å²) < 4.78 is 0. The number of thioether (sulfide) groups is 2. The summed E-state index contributed by atoms with van der Waals surface area (Å²) in [4.78, 5) is 11.8. The second kappa shape index (κ2) is 11.3. The first-order valence-electron chi connectivity index (χ1n) is 6.40. The van der Waals surface area contributed by atoms with Gasteiger partial charge in [-0.2, -0.15) is 23.5 Å². The molecule has 1 rings (SSSR count). The number of carbonyl (C=O) groups excluding carboxylic acids is 1. The molecule has 2 unspecified atom stereocenters. The SMILES string of the molecule is CCSCCC(C)NC(=O)CC1CSCCN1.Cl. The molecule has 1 amide bonds. The van der Waals surface area contributed by atoms with Gasteiger partial charge in [-0.1, -0.05) is 6.92 Å². The summed E-state index contributed by atoms with van der Waals surface area (Å²) in [5.74, 6) is 4.72. The molecule has 0 spiro atoms. The number of amides is 1. The topological polar surface area (TPSA) is 41.1 Å². The molecule has 0 aliphatic carbocycles. The van der Waals surface area contributed by atoms with Crippen LogP contribution in [0.3, 0.4) is 0 Å². The minimum Gasteiger partial charge on any atom is -0.354 e.